The van der Waals surface area contributed by atoms with Gasteiger partial charge in [0.2, 0.25) is 0 Å². The molecule has 0 aromatic carbocycles. The summed E-state index contributed by atoms with van der Waals surface area (Å²) in [7, 11) is 0. The van der Waals surface area contributed by atoms with Gasteiger partial charge in [-0.05, 0) is 38.5 Å². The molecule has 0 spiro atoms. The van der Waals surface area contributed by atoms with E-state index in [4.69, 9.17) is 14.6 Å². The van der Waals surface area contributed by atoms with Gasteiger partial charge in [-0.3, -0.25) is 0 Å². The number of ether oxygens (including phenoxy) is 2. The summed E-state index contributed by atoms with van der Waals surface area (Å²) in [5.74, 6) is 1.29. The number of rotatable bonds is 8. The normalized spacial score (nSPS) is 28.3. The highest BCUT2D eigenvalue weighted by Gasteiger charge is 2.29. The summed E-state index contributed by atoms with van der Waals surface area (Å²) >= 11 is 0. The second-order valence-electron chi connectivity index (χ2n) is 5.47. The van der Waals surface area contributed by atoms with Crippen molar-refractivity contribution in [2.45, 2.75) is 45.6 Å². The van der Waals surface area contributed by atoms with Crippen molar-refractivity contribution in [1.29, 1.82) is 0 Å². The third-order valence-corrected chi connectivity index (χ3v) is 3.69. The first-order chi connectivity index (χ1) is 8.65. The average Bonchev–Trinajstić information content (AvgIpc) is 2.33. The molecule has 1 aliphatic carbocycles. The Hall–Kier alpha value is -0.380. The van der Waals surface area contributed by atoms with Crippen molar-refractivity contribution in [2.24, 2.45) is 11.8 Å². The van der Waals surface area contributed by atoms with Crippen molar-refractivity contribution in [3.63, 3.8) is 0 Å². The highest BCUT2D eigenvalue weighted by atomic mass is 16.5. The van der Waals surface area contributed by atoms with Gasteiger partial charge in [-0.2, -0.15) is 0 Å². The lowest BCUT2D eigenvalue weighted by molar-refractivity contribution is -0.0223. The SMILES string of the molecule is C=C(C)C1CCC(C)CC1OCCCOCCO. The van der Waals surface area contributed by atoms with Crippen molar-refractivity contribution >= 4 is 0 Å². The van der Waals surface area contributed by atoms with Crippen LogP contribution in [-0.4, -0.2) is 37.6 Å². The van der Waals surface area contributed by atoms with Gasteiger partial charge < -0.3 is 14.6 Å². The van der Waals surface area contributed by atoms with E-state index < -0.39 is 0 Å². The molecule has 0 heterocycles. The van der Waals surface area contributed by atoms with E-state index in [1.165, 1.54) is 18.4 Å². The molecule has 1 fully saturated rings. The van der Waals surface area contributed by atoms with Gasteiger partial charge in [0.15, 0.2) is 0 Å². The molecule has 0 aliphatic heterocycles. The maximum absolute atomic E-state index is 8.59. The Morgan fingerprint density at radius 3 is 2.72 bits per heavy atom. The van der Waals surface area contributed by atoms with E-state index in [2.05, 4.69) is 20.4 Å². The van der Waals surface area contributed by atoms with Crippen LogP contribution in [0.25, 0.3) is 0 Å². The topological polar surface area (TPSA) is 38.7 Å². The average molecular weight is 256 g/mol. The molecule has 3 heteroatoms. The predicted octanol–water partition coefficient (Wildman–Crippen LogP) is 2.78. The van der Waals surface area contributed by atoms with E-state index in [-0.39, 0.29) is 6.61 Å². The molecule has 3 unspecified atom stereocenters. The summed E-state index contributed by atoms with van der Waals surface area (Å²) in [6.07, 6.45) is 4.88. The number of aliphatic hydroxyl groups is 1. The minimum absolute atomic E-state index is 0.0960. The summed E-state index contributed by atoms with van der Waals surface area (Å²) in [6, 6.07) is 0. The smallest absolute Gasteiger partial charge is 0.0697 e. The zero-order valence-electron chi connectivity index (χ0n) is 11.9. The first-order valence-electron chi connectivity index (χ1n) is 7.10. The van der Waals surface area contributed by atoms with Crippen LogP contribution in [0, 0.1) is 11.8 Å². The second kappa shape index (κ2) is 8.68. The van der Waals surface area contributed by atoms with Gasteiger partial charge in [0.1, 0.15) is 0 Å². The molecule has 1 saturated carbocycles. The molecule has 0 aromatic heterocycles. The fourth-order valence-corrected chi connectivity index (χ4v) is 2.64. The Balaban J connectivity index is 2.22. The molecule has 1 rings (SSSR count). The summed E-state index contributed by atoms with van der Waals surface area (Å²) in [6.45, 7) is 10.4. The molecule has 0 radical (unpaired) electrons. The summed E-state index contributed by atoms with van der Waals surface area (Å²) in [5, 5.41) is 8.59. The minimum atomic E-state index is 0.0960. The molecule has 1 N–H and O–H groups in total. The van der Waals surface area contributed by atoms with Crippen molar-refractivity contribution in [1.82, 2.24) is 0 Å². The lowest BCUT2D eigenvalue weighted by Gasteiger charge is -2.35. The van der Waals surface area contributed by atoms with E-state index in [9.17, 15) is 0 Å². The Kier molecular flexibility index (Phi) is 7.56. The summed E-state index contributed by atoms with van der Waals surface area (Å²) in [4.78, 5) is 0. The molecule has 0 saturated heterocycles. The summed E-state index contributed by atoms with van der Waals surface area (Å²) in [5.41, 5.74) is 1.25. The van der Waals surface area contributed by atoms with Gasteiger partial charge in [-0.1, -0.05) is 19.1 Å². The molecular weight excluding hydrogens is 228 g/mol. The van der Waals surface area contributed by atoms with Crippen LogP contribution >= 0.6 is 0 Å². The Bertz CT molecular complexity index is 240. The maximum atomic E-state index is 8.59. The van der Waals surface area contributed by atoms with E-state index in [0.717, 1.165) is 25.4 Å². The minimum Gasteiger partial charge on any atom is -0.394 e. The van der Waals surface area contributed by atoms with Crippen LogP contribution in [0.3, 0.4) is 0 Å². The van der Waals surface area contributed by atoms with Gasteiger partial charge in [-0.15, -0.1) is 0 Å². The molecule has 0 aromatic rings. The molecule has 0 bridgehead atoms. The van der Waals surface area contributed by atoms with Crippen LogP contribution in [0.5, 0.6) is 0 Å². The van der Waals surface area contributed by atoms with Crippen molar-refractivity contribution in [2.75, 3.05) is 26.4 Å². The maximum Gasteiger partial charge on any atom is 0.0697 e. The monoisotopic (exact) mass is 256 g/mol. The van der Waals surface area contributed by atoms with Gasteiger partial charge in [0.25, 0.3) is 0 Å². The summed E-state index contributed by atoms with van der Waals surface area (Å²) < 4.78 is 11.2. The molecule has 3 nitrogen and oxygen atoms in total. The second-order valence-corrected chi connectivity index (χ2v) is 5.47. The van der Waals surface area contributed by atoms with Crippen LogP contribution < -0.4 is 0 Å². The molecule has 3 atom stereocenters. The number of hydrogen-bond acceptors (Lipinski definition) is 3. The molecular formula is C15H28O3. The highest BCUT2D eigenvalue weighted by Crippen LogP contribution is 2.34. The van der Waals surface area contributed by atoms with E-state index >= 15 is 0 Å². The number of aliphatic hydroxyl groups excluding tert-OH is 1. The predicted molar refractivity (Wildman–Crippen MR) is 73.6 cm³/mol. The molecule has 106 valence electrons. The Labute approximate surface area is 111 Å². The van der Waals surface area contributed by atoms with Crippen LogP contribution in [0.4, 0.5) is 0 Å². The Morgan fingerprint density at radius 2 is 2.06 bits per heavy atom. The van der Waals surface area contributed by atoms with Gasteiger partial charge in [0.05, 0.1) is 19.3 Å². The highest BCUT2D eigenvalue weighted by molar-refractivity contribution is 5.02. The zero-order valence-corrected chi connectivity index (χ0v) is 11.9. The standard InChI is InChI=1S/C15H28O3/c1-12(2)14-6-5-13(3)11-15(14)18-9-4-8-17-10-7-16/h13-16H,1,4-11H2,2-3H3. The third kappa shape index (κ3) is 5.51. The van der Waals surface area contributed by atoms with Crippen molar-refractivity contribution < 1.29 is 14.6 Å². The van der Waals surface area contributed by atoms with Crippen LogP contribution in [0.1, 0.15) is 39.5 Å². The van der Waals surface area contributed by atoms with Crippen molar-refractivity contribution in [3.05, 3.63) is 12.2 Å². The van der Waals surface area contributed by atoms with Crippen LogP contribution in [0.2, 0.25) is 0 Å². The molecule has 18 heavy (non-hydrogen) atoms. The van der Waals surface area contributed by atoms with E-state index in [1.807, 2.05) is 0 Å². The lowest BCUT2D eigenvalue weighted by Crippen LogP contribution is -2.32. The van der Waals surface area contributed by atoms with Gasteiger partial charge in [0, 0.05) is 19.1 Å². The molecule has 0 amide bonds. The lowest BCUT2D eigenvalue weighted by atomic mass is 9.78. The largest absolute Gasteiger partial charge is 0.394 e. The quantitative estimate of drug-likeness (QED) is 0.536. The van der Waals surface area contributed by atoms with E-state index in [0.29, 0.717) is 25.2 Å². The first kappa shape index (κ1) is 15.7. The Morgan fingerprint density at radius 1 is 1.28 bits per heavy atom. The fraction of sp³-hybridized carbons (Fsp3) is 0.867. The molecule has 1 aliphatic rings. The fourth-order valence-electron chi connectivity index (χ4n) is 2.64. The van der Waals surface area contributed by atoms with Crippen molar-refractivity contribution in [3.8, 4) is 0 Å². The first-order valence-corrected chi connectivity index (χ1v) is 7.10. The third-order valence-electron chi connectivity index (χ3n) is 3.69. The van der Waals surface area contributed by atoms with Crippen LogP contribution in [0.15, 0.2) is 12.2 Å². The van der Waals surface area contributed by atoms with Gasteiger partial charge >= 0.3 is 0 Å². The van der Waals surface area contributed by atoms with Crippen LogP contribution in [-0.2, 0) is 9.47 Å². The van der Waals surface area contributed by atoms with E-state index in [1.54, 1.807) is 0 Å². The van der Waals surface area contributed by atoms with Gasteiger partial charge in [-0.25, -0.2) is 0 Å². The number of hydrogen-bond donors (Lipinski definition) is 1. The zero-order chi connectivity index (χ0) is 13.4.